The standard InChI is InChI=1S/C11H23F4N2O2P/c1-5-16(6-2)20(18,17(7-3)8-4)19-9-11(14,15)10(12)13/h10H,5-9H2,1-4H3. The molecule has 20 heavy (non-hydrogen) atoms. The Morgan fingerprint density at radius 1 is 1.00 bits per heavy atom. The molecule has 0 unspecified atom stereocenters. The predicted octanol–water partition coefficient (Wildman–Crippen LogP) is 3.70. The van der Waals surface area contributed by atoms with Gasteiger partial charge in [-0.3, -0.25) is 9.09 Å². The minimum atomic E-state index is -4.31. The van der Waals surface area contributed by atoms with Crippen LogP contribution in [0.2, 0.25) is 0 Å². The van der Waals surface area contributed by atoms with E-state index in [9.17, 15) is 22.1 Å². The van der Waals surface area contributed by atoms with E-state index < -0.39 is 26.6 Å². The van der Waals surface area contributed by atoms with E-state index >= 15 is 0 Å². The van der Waals surface area contributed by atoms with Gasteiger partial charge in [0.05, 0.1) is 0 Å². The molecule has 0 N–H and O–H groups in total. The first-order valence-corrected chi connectivity index (χ1v) is 8.13. The molecule has 0 bridgehead atoms. The molecular formula is C11H23F4N2O2P. The number of alkyl halides is 4. The van der Waals surface area contributed by atoms with Crippen LogP contribution < -0.4 is 0 Å². The van der Waals surface area contributed by atoms with E-state index in [-0.39, 0.29) is 0 Å². The van der Waals surface area contributed by atoms with Crippen molar-refractivity contribution < 1.29 is 26.7 Å². The van der Waals surface area contributed by atoms with E-state index in [1.807, 2.05) is 0 Å². The van der Waals surface area contributed by atoms with Crippen LogP contribution >= 0.6 is 7.67 Å². The molecule has 0 spiro atoms. The van der Waals surface area contributed by atoms with Gasteiger partial charge in [-0.2, -0.15) is 8.78 Å². The van der Waals surface area contributed by atoms with Crippen molar-refractivity contribution in [2.24, 2.45) is 0 Å². The Labute approximate surface area is 117 Å². The van der Waals surface area contributed by atoms with Crippen molar-refractivity contribution in [3.63, 3.8) is 0 Å². The molecule has 0 heterocycles. The van der Waals surface area contributed by atoms with Gasteiger partial charge in [0.2, 0.25) is 0 Å². The largest absolute Gasteiger partial charge is 0.346 e. The Kier molecular flexibility index (Phi) is 8.25. The van der Waals surface area contributed by atoms with E-state index in [1.165, 1.54) is 9.34 Å². The minimum Gasteiger partial charge on any atom is -0.299 e. The van der Waals surface area contributed by atoms with Crippen LogP contribution in [0.4, 0.5) is 17.6 Å². The summed E-state index contributed by atoms with van der Waals surface area (Å²) in [5.41, 5.74) is 0. The van der Waals surface area contributed by atoms with Gasteiger partial charge in [-0.25, -0.2) is 18.1 Å². The van der Waals surface area contributed by atoms with E-state index in [2.05, 4.69) is 0 Å². The van der Waals surface area contributed by atoms with Crippen LogP contribution in [-0.4, -0.2) is 54.5 Å². The number of nitrogens with zero attached hydrogens (tertiary/aromatic N) is 2. The molecule has 0 aliphatic rings. The Morgan fingerprint density at radius 2 is 1.35 bits per heavy atom. The van der Waals surface area contributed by atoms with Crippen LogP contribution in [0.5, 0.6) is 0 Å². The van der Waals surface area contributed by atoms with Gasteiger partial charge in [0.15, 0.2) is 0 Å². The lowest BCUT2D eigenvalue weighted by Crippen LogP contribution is -2.37. The third-order valence-electron chi connectivity index (χ3n) is 2.92. The first-order chi connectivity index (χ1) is 9.19. The zero-order valence-electron chi connectivity index (χ0n) is 12.3. The molecule has 0 aromatic heterocycles. The molecule has 0 aliphatic heterocycles. The monoisotopic (exact) mass is 322 g/mol. The van der Waals surface area contributed by atoms with Crippen molar-refractivity contribution >= 4 is 7.67 Å². The fourth-order valence-corrected chi connectivity index (χ4v) is 4.19. The second kappa shape index (κ2) is 8.32. The highest BCUT2D eigenvalue weighted by molar-refractivity contribution is 7.53. The molecule has 0 aromatic rings. The van der Waals surface area contributed by atoms with Crippen molar-refractivity contribution in [3.05, 3.63) is 0 Å². The molecule has 0 fully saturated rings. The molecule has 122 valence electrons. The maximum absolute atomic E-state index is 13.0. The average molecular weight is 322 g/mol. The highest BCUT2D eigenvalue weighted by atomic mass is 31.2. The number of rotatable bonds is 10. The molecule has 0 aromatic carbocycles. The molecule has 0 radical (unpaired) electrons. The maximum atomic E-state index is 13.0. The molecule has 0 saturated carbocycles. The molecule has 0 rings (SSSR count). The lowest BCUT2D eigenvalue weighted by Gasteiger charge is -2.37. The lowest BCUT2D eigenvalue weighted by molar-refractivity contribution is -0.149. The second-order valence-corrected chi connectivity index (χ2v) is 6.47. The smallest absolute Gasteiger partial charge is 0.299 e. The predicted molar refractivity (Wildman–Crippen MR) is 70.4 cm³/mol. The van der Waals surface area contributed by atoms with Crippen molar-refractivity contribution in [3.8, 4) is 0 Å². The number of hydrogen-bond acceptors (Lipinski definition) is 2. The van der Waals surface area contributed by atoms with Crippen LogP contribution in [-0.2, 0) is 9.09 Å². The maximum Gasteiger partial charge on any atom is 0.346 e. The minimum absolute atomic E-state index is 0.310. The fraction of sp³-hybridized carbons (Fsp3) is 1.00. The summed E-state index contributed by atoms with van der Waals surface area (Å²) >= 11 is 0. The van der Waals surface area contributed by atoms with Crippen LogP contribution in [0.15, 0.2) is 0 Å². The zero-order chi connectivity index (χ0) is 16.0. The summed E-state index contributed by atoms with van der Waals surface area (Å²) in [4.78, 5) is 0. The molecule has 4 nitrogen and oxygen atoms in total. The highest BCUT2D eigenvalue weighted by Crippen LogP contribution is 2.54. The Hall–Kier alpha value is -0.170. The van der Waals surface area contributed by atoms with Gasteiger partial charge in [-0.15, -0.1) is 0 Å². The van der Waals surface area contributed by atoms with Crippen molar-refractivity contribution in [2.75, 3.05) is 32.8 Å². The second-order valence-electron chi connectivity index (χ2n) is 4.10. The first-order valence-electron chi connectivity index (χ1n) is 6.60. The van der Waals surface area contributed by atoms with Crippen LogP contribution in [0.1, 0.15) is 27.7 Å². The molecule has 0 saturated heterocycles. The van der Waals surface area contributed by atoms with Crippen LogP contribution in [0.25, 0.3) is 0 Å². The lowest BCUT2D eigenvalue weighted by atomic mass is 10.4. The summed E-state index contributed by atoms with van der Waals surface area (Å²) in [5, 5.41) is 0. The summed E-state index contributed by atoms with van der Waals surface area (Å²) in [6.45, 7) is 6.49. The SMILES string of the molecule is CCN(CC)P(=O)(OCC(F)(F)C(F)F)N(CC)CC. The Bertz CT molecular complexity index is 308. The van der Waals surface area contributed by atoms with Crippen molar-refractivity contribution in [1.29, 1.82) is 0 Å². The topological polar surface area (TPSA) is 32.8 Å². The molecule has 0 atom stereocenters. The number of hydrogen-bond donors (Lipinski definition) is 0. The van der Waals surface area contributed by atoms with Gasteiger partial charge in [0, 0.05) is 26.2 Å². The normalized spacial score (nSPS) is 13.8. The van der Waals surface area contributed by atoms with E-state index in [1.54, 1.807) is 27.7 Å². The molecule has 9 heteroatoms. The van der Waals surface area contributed by atoms with Gasteiger partial charge in [-0.05, 0) is 0 Å². The average Bonchev–Trinajstić information content (AvgIpc) is 2.39. The van der Waals surface area contributed by atoms with Crippen LogP contribution in [0.3, 0.4) is 0 Å². The summed E-state index contributed by atoms with van der Waals surface area (Å²) in [6, 6.07) is 0. The first kappa shape index (κ1) is 19.8. The summed E-state index contributed by atoms with van der Waals surface area (Å²) in [7, 11) is -3.72. The van der Waals surface area contributed by atoms with E-state index in [0.717, 1.165) is 0 Å². The fourth-order valence-electron chi connectivity index (χ4n) is 1.74. The quantitative estimate of drug-likeness (QED) is 0.453. The van der Waals surface area contributed by atoms with Crippen molar-refractivity contribution in [1.82, 2.24) is 9.34 Å². The summed E-state index contributed by atoms with van der Waals surface area (Å²) in [5.74, 6) is -4.31. The third kappa shape index (κ3) is 4.69. The summed E-state index contributed by atoms with van der Waals surface area (Å²) in [6.07, 6.45) is -3.84. The van der Waals surface area contributed by atoms with E-state index in [4.69, 9.17) is 4.52 Å². The zero-order valence-corrected chi connectivity index (χ0v) is 13.2. The molecule has 0 amide bonds. The van der Waals surface area contributed by atoms with E-state index in [0.29, 0.717) is 26.2 Å². The molecular weight excluding hydrogens is 299 g/mol. The Balaban J connectivity index is 5.20. The van der Waals surface area contributed by atoms with Crippen molar-refractivity contribution in [2.45, 2.75) is 40.0 Å². The van der Waals surface area contributed by atoms with Gasteiger partial charge >= 0.3 is 20.0 Å². The van der Waals surface area contributed by atoms with Gasteiger partial charge in [-0.1, -0.05) is 27.7 Å². The van der Waals surface area contributed by atoms with Gasteiger partial charge < -0.3 is 0 Å². The van der Waals surface area contributed by atoms with Gasteiger partial charge in [0.1, 0.15) is 6.61 Å². The number of halogens is 4. The summed E-state index contributed by atoms with van der Waals surface area (Å²) < 4.78 is 70.8. The van der Waals surface area contributed by atoms with Gasteiger partial charge in [0.25, 0.3) is 0 Å². The molecule has 0 aliphatic carbocycles. The van der Waals surface area contributed by atoms with Crippen LogP contribution in [0, 0.1) is 0 Å². The highest BCUT2D eigenvalue weighted by Gasteiger charge is 2.45. The third-order valence-corrected chi connectivity index (χ3v) is 5.95. The Morgan fingerprint density at radius 3 is 1.60 bits per heavy atom.